The number of hydrogen-bond acceptors (Lipinski definition) is 6. The van der Waals surface area contributed by atoms with Gasteiger partial charge in [-0.3, -0.25) is 14.5 Å². The minimum atomic E-state index is -3.11. The minimum Gasteiger partial charge on any atom is -0.341 e. The normalized spacial score (nSPS) is 20.8. The number of nitrogens with zero attached hydrogens (tertiary/aromatic N) is 3. The SMILES string of the molecule is CN(C(=O)CSC1=N/C(=C\c2ccccc2)C(=O)N1c1ccc(F)cc1)[C@@H]1CCS(=O)(=O)C1. The molecule has 0 radical (unpaired) electrons. The fourth-order valence-corrected chi connectivity index (χ4v) is 6.34. The number of carbonyl (C=O) groups excluding carboxylic acids is 2. The summed E-state index contributed by atoms with van der Waals surface area (Å²) >= 11 is 1.08. The molecule has 0 bridgehead atoms. The van der Waals surface area contributed by atoms with Gasteiger partial charge in [0.15, 0.2) is 15.0 Å². The highest BCUT2D eigenvalue weighted by Crippen LogP contribution is 2.30. The van der Waals surface area contributed by atoms with E-state index in [1.165, 1.54) is 34.1 Å². The van der Waals surface area contributed by atoms with Crippen molar-refractivity contribution >= 4 is 50.3 Å². The van der Waals surface area contributed by atoms with E-state index in [4.69, 9.17) is 0 Å². The second-order valence-electron chi connectivity index (χ2n) is 7.80. The van der Waals surface area contributed by atoms with Crippen LogP contribution < -0.4 is 4.90 Å². The molecule has 33 heavy (non-hydrogen) atoms. The van der Waals surface area contributed by atoms with Crippen molar-refractivity contribution < 1.29 is 22.4 Å². The van der Waals surface area contributed by atoms with E-state index in [1.54, 1.807) is 13.1 Å². The predicted octanol–water partition coefficient (Wildman–Crippen LogP) is 2.95. The molecule has 1 saturated heterocycles. The molecule has 0 aromatic heterocycles. The van der Waals surface area contributed by atoms with Gasteiger partial charge in [0.2, 0.25) is 5.91 Å². The molecule has 4 rings (SSSR count). The van der Waals surface area contributed by atoms with Crippen LogP contribution in [0.25, 0.3) is 6.08 Å². The topological polar surface area (TPSA) is 87.1 Å². The Bertz CT molecular complexity index is 1230. The Balaban J connectivity index is 1.55. The third kappa shape index (κ3) is 5.33. The quantitative estimate of drug-likeness (QED) is 0.606. The highest BCUT2D eigenvalue weighted by Gasteiger charge is 2.35. The Morgan fingerprint density at radius 1 is 1.21 bits per heavy atom. The van der Waals surface area contributed by atoms with Crippen LogP contribution in [-0.4, -0.2) is 60.6 Å². The molecule has 2 aromatic carbocycles. The molecule has 2 aliphatic rings. The second kappa shape index (κ2) is 9.48. The molecular weight excluding hydrogens is 465 g/mol. The van der Waals surface area contributed by atoms with E-state index in [1.807, 2.05) is 30.3 Å². The molecular formula is C23H22FN3O4S2. The van der Waals surface area contributed by atoms with E-state index in [0.717, 1.165) is 17.3 Å². The molecule has 2 amide bonds. The van der Waals surface area contributed by atoms with Gasteiger partial charge in [-0.15, -0.1) is 0 Å². The van der Waals surface area contributed by atoms with Crippen LogP contribution in [0.15, 0.2) is 65.3 Å². The predicted molar refractivity (Wildman–Crippen MR) is 128 cm³/mol. The van der Waals surface area contributed by atoms with Crippen LogP contribution >= 0.6 is 11.8 Å². The lowest BCUT2D eigenvalue weighted by molar-refractivity contribution is -0.128. The molecule has 1 atom stereocenters. The largest absolute Gasteiger partial charge is 0.341 e. The first-order chi connectivity index (χ1) is 15.7. The third-order valence-electron chi connectivity index (χ3n) is 5.49. The molecule has 0 aliphatic carbocycles. The van der Waals surface area contributed by atoms with Gasteiger partial charge >= 0.3 is 0 Å². The van der Waals surface area contributed by atoms with Gasteiger partial charge in [-0.2, -0.15) is 0 Å². The number of amides is 2. The van der Waals surface area contributed by atoms with Gasteiger partial charge in [-0.1, -0.05) is 42.1 Å². The fraction of sp³-hybridized carbons (Fsp3) is 0.261. The van der Waals surface area contributed by atoms with E-state index in [9.17, 15) is 22.4 Å². The first-order valence-electron chi connectivity index (χ1n) is 10.3. The number of rotatable bonds is 5. The van der Waals surface area contributed by atoms with Gasteiger partial charge < -0.3 is 4.90 Å². The minimum absolute atomic E-state index is 0.0184. The number of hydrogen-bond donors (Lipinski definition) is 0. The molecule has 7 nitrogen and oxygen atoms in total. The third-order valence-corrected chi connectivity index (χ3v) is 8.17. The zero-order chi connectivity index (χ0) is 23.6. The Labute approximate surface area is 195 Å². The van der Waals surface area contributed by atoms with Crippen molar-refractivity contribution in [2.75, 3.05) is 29.2 Å². The summed E-state index contributed by atoms with van der Waals surface area (Å²) < 4.78 is 36.9. The molecule has 2 aromatic rings. The van der Waals surface area contributed by atoms with Crippen LogP contribution in [0.4, 0.5) is 10.1 Å². The first kappa shape index (κ1) is 23.2. The van der Waals surface area contributed by atoms with Crippen molar-refractivity contribution in [3.05, 3.63) is 71.7 Å². The summed E-state index contributed by atoms with van der Waals surface area (Å²) in [4.78, 5) is 33.1. The number of carbonyl (C=O) groups is 2. The van der Waals surface area contributed by atoms with E-state index < -0.39 is 15.7 Å². The maximum absolute atomic E-state index is 13.4. The number of thioether (sulfide) groups is 1. The number of sulfone groups is 1. The second-order valence-corrected chi connectivity index (χ2v) is 11.0. The van der Waals surface area contributed by atoms with Gasteiger partial charge in [0.1, 0.15) is 11.5 Å². The average Bonchev–Trinajstić information content (AvgIpc) is 3.31. The van der Waals surface area contributed by atoms with Crippen LogP contribution in [-0.2, 0) is 19.4 Å². The highest BCUT2D eigenvalue weighted by atomic mass is 32.2. The maximum atomic E-state index is 13.4. The Hall–Kier alpha value is -2.98. The molecule has 1 fully saturated rings. The average molecular weight is 488 g/mol. The zero-order valence-electron chi connectivity index (χ0n) is 17.8. The summed E-state index contributed by atoms with van der Waals surface area (Å²) in [5.41, 5.74) is 1.44. The Morgan fingerprint density at radius 2 is 1.91 bits per heavy atom. The summed E-state index contributed by atoms with van der Waals surface area (Å²) in [5, 5.41) is 0.301. The first-order valence-corrected chi connectivity index (χ1v) is 13.1. The number of anilines is 1. The maximum Gasteiger partial charge on any atom is 0.283 e. The molecule has 2 heterocycles. The number of halogens is 1. The van der Waals surface area contributed by atoms with Crippen LogP contribution in [0.1, 0.15) is 12.0 Å². The summed E-state index contributed by atoms with van der Waals surface area (Å²) in [6, 6.07) is 14.4. The van der Waals surface area contributed by atoms with Gasteiger partial charge in [0.25, 0.3) is 5.91 Å². The molecule has 0 unspecified atom stereocenters. The summed E-state index contributed by atoms with van der Waals surface area (Å²) in [6.07, 6.45) is 2.07. The molecule has 0 spiro atoms. The van der Waals surface area contributed by atoms with E-state index >= 15 is 0 Å². The lowest BCUT2D eigenvalue weighted by Gasteiger charge is -2.24. The monoisotopic (exact) mass is 487 g/mol. The number of aliphatic imine (C=N–C) groups is 1. The van der Waals surface area contributed by atoms with Gasteiger partial charge in [0, 0.05) is 13.1 Å². The molecule has 0 N–H and O–H groups in total. The van der Waals surface area contributed by atoms with Crippen LogP contribution in [0.5, 0.6) is 0 Å². The lowest BCUT2D eigenvalue weighted by Crippen LogP contribution is -2.39. The smallest absolute Gasteiger partial charge is 0.283 e. The number of benzene rings is 2. The summed E-state index contributed by atoms with van der Waals surface area (Å²) in [6.45, 7) is 0. The van der Waals surface area contributed by atoms with Crippen molar-refractivity contribution in [1.82, 2.24) is 4.90 Å². The van der Waals surface area contributed by atoms with Crippen molar-refractivity contribution in [2.24, 2.45) is 4.99 Å². The standard InChI is InChI=1S/C23H22FN3O4S2/c1-26(19-11-12-33(30,31)15-19)21(28)14-32-23-25-20(13-16-5-3-2-4-6-16)22(29)27(23)18-9-7-17(24)8-10-18/h2-10,13,19H,11-12,14-15H2,1H3/b20-13-/t19-/m1/s1. The van der Waals surface area contributed by atoms with Gasteiger partial charge in [-0.05, 0) is 42.3 Å². The van der Waals surface area contributed by atoms with Crippen LogP contribution in [0.2, 0.25) is 0 Å². The highest BCUT2D eigenvalue weighted by molar-refractivity contribution is 8.14. The fourth-order valence-electron chi connectivity index (χ4n) is 3.63. The van der Waals surface area contributed by atoms with Gasteiger partial charge in [0.05, 0.1) is 22.9 Å². The molecule has 2 aliphatic heterocycles. The number of amidine groups is 1. The molecule has 10 heteroatoms. The zero-order valence-corrected chi connectivity index (χ0v) is 19.5. The summed E-state index contributed by atoms with van der Waals surface area (Å²) in [7, 11) is -1.52. The van der Waals surface area contributed by atoms with Crippen LogP contribution in [0.3, 0.4) is 0 Å². The lowest BCUT2D eigenvalue weighted by atomic mass is 10.2. The van der Waals surface area contributed by atoms with E-state index in [-0.39, 0.29) is 40.8 Å². The van der Waals surface area contributed by atoms with Crippen molar-refractivity contribution in [3.63, 3.8) is 0 Å². The Kier molecular flexibility index (Phi) is 6.66. The van der Waals surface area contributed by atoms with E-state index in [0.29, 0.717) is 17.3 Å². The van der Waals surface area contributed by atoms with Crippen molar-refractivity contribution in [1.29, 1.82) is 0 Å². The Morgan fingerprint density at radius 3 is 2.55 bits per heavy atom. The van der Waals surface area contributed by atoms with Crippen molar-refractivity contribution in [2.45, 2.75) is 12.5 Å². The van der Waals surface area contributed by atoms with Gasteiger partial charge in [-0.25, -0.2) is 17.8 Å². The van der Waals surface area contributed by atoms with Crippen LogP contribution in [0, 0.1) is 5.82 Å². The molecule has 0 saturated carbocycles. The van der Waals surface area contributed by atoms with Crippen molar-refractivity contribution in [3.8, 4) is 0 Å². The summed E-state index contributed by atoms with van der Waals surface area (Å²) in [5.74, 6) is -1.04. The molecule has 172 valence electrons. The van der Waals surface area contributed by atoms with E-state index in [2.05, 4.69) is 4.99 Å².